The Bertz CT molecular complexity index is 778. The third-order valence-corrected chi connectivity index (χ3v) is 3.54. The molecule has 0 heterocycles. The fraction of sp³-hybridized carbons (Fsp3) is 0.222. The number of hydrogen-bond donors (Lipinski definition) is 3. The lowest BCUT2D eigenvalue weighted by atomic mass is 10.2. The van der Waals surface area contributed by atoms with E-state index in [1.54, 1.807) is 42.5 Å². The smallest absolute Gasteiger partial charge is 0.319 e. The molecule has 6 nitrogen and oxygen atoms in total. The van der Waals surface area contributed by atoms with Crippen molar-refractivity contribution < 1.29 is 14.3 Å². The molecular formula is C18H20ClN3O3. The van der Waals surface area contributed by atoms with Gasteiger partial charge in [-0.25, -0.2) is 4.79 Å². The molecular weight excluding hydrogens is 342 g/mol. The van der Waals surface area contributed by atoms with Crippen LogP contribution in [0.5, 0.6) is 5.75 Å². The summed E-state index contributed by atoms with van der Waals surface area (Å²) in [6, 6.07) is 11.3. The van der Waals surface area contributed by atoms with Crippen LogP contribution in [0.25, 0.3) is 0 Å². The van der Waals surface area contributed by atoms with Crippen LogP contribution < -0.4 is 20.7 Å². The van der Waals surface area contributed by atoms with Gasteiger partial charge in [0.1, 0.15) is 5.75 Å². The number of anilines is 2. The molecule has 3 N–H and O–H groups in total. The minimum atomic E-state index is -0.333. The quantitative estimate of drug-likeness (QED) is 0.749. The third kappa shape index (κ3) is 5.39. The molecule has 0 saturated heterocycles. The van der Waals surface area contributed by atoms with E-state index in [1.165, 1.54) is 7.11 Å². The highest BCUT2D eigenvalue weighted by atomic mass is 35.5. The average molecular weight is 362 g/mol. The number of carbonyl (C=O) groups is 2. The lowest BCUT2D eigenvalue weighted by molar-refractivity contribution is 0.102. The molecule has 25 heavy (non-hydrogen) atoms. The summed E-state index contributed by atoms with van der Waals surface area (Å²) in [4.78, 5) is 24.2. The molecule has 0 aliphatic carbocycles. The number of nitrogens with one attached hydrogen (secondary N) is 3. The first kappa shape index (κ1) is 18.6. The normalized spacial score (nSPS) is 10.3. The van der Waals surface area contributed by atoms with Gasteiger partial charge >= 0.3 is 6.03 Å². The van der Waals surface area contributed by atoms with Crippen molar-refractivity contribution in [2.45, 2.75) is 19.9 Å². The molecule has 7 heteroatoms. The fourth-order valence-corrected chi connectivity index (χ4v) is 2.30. The number of methoxy groups -OCH3 is 1. The van der Waals surface area contributed by atoms with Crippen molar-refractivity contribution >= 4 is 34.9 Å². The Balaban J connectivity index is 2.09. The van der Waals surface area contributed by atoms with Crippen LogP contribution in [0, 0.1) is 0 Å². The van der Waals surface area contributed by atoms with E-state index in [0.717, 1.165) is 0 Å². The molecule has 2 aromatic rings. The van der Waals surface area contributed by atoms with Gasteiger partial charge in [-0.15, -0.1) is 0 Å². The standard InChI is InChI=1S/C18H20ClN3O3/c1-11(2)20-18(24)21-13-6-4-5-12(9-13)17(23)22-16-8-7-14(25-3)10-15(16)19/h4-11H,1-3H3,(H,22,23)(H2,20,21,24). The molecule has 132 valence electrons. The monoisotopic (exact) mass is 361 g/mol. The maximum atomic E-state index is 12.4. The van der Waals surface area contributed by atoms with Crippen molar-refractivity contribution in [1.29, 1.82) is 0 Å². The molecule has 0 aliphatic heterocycles. The van der Waals surface area contributed by atoms with E-state index in [-0.39, 0.29) is 18.0 Å². The van der Waals surface area contributed by atoms with Gasteiger partial charge in [-0.3, -0.25) is 4.79 Å². The van der Waals surface area contributed by atoms with Crippen LogP contribution >= 0.6 is 11.6 Å². The van der Waals surface area contributed by atoms with E-state index >= 15 is 0 Å². The zero-order valence-corrected chi connectivity index (χ0v) is 15.0. The molecule has 0 fully saturated rings. The second kappa shape index (κ2) is 8.39. The first-order valence-corrected chi connectivity index (χ1v) is 8.09. The van der Waals surface area contributed by atoms with E-state index in [1.807, 2.05) is 13.8 Å². The van der Waals surface area contributed by atoms with E-state index < -0.39 is 0 Å². The van der Waals surface area contributed by atoms with Crippen molar-refractivity contribution in [3.8, 4) is 5.75 Å². The summed E-state index contributed by atoms with van der Waals surface area (Å²) in [6.07, 6.45) is 0. The second-order valence-electron chi connectivity index (χ2n) is 5.63. The molecule has 0 spiro atoms. The van der Waals surface area contributed by atoms with Crippen molar-refractivity contribution in [3.63, 3.8) is 0 Å². The Kier molecular flexibility index (Phi) is 6.25. The number of carbonyl (C=O) groups excluding carboxylic acids is 2. The van der Waals surface area contributed by atoms with Crippen molar-refractivity contribution in [3.05, 3.63) is 53.1 Å². The summed E-state index contributed by atoms with van der Waals surface area (Å²) in [5.74, 6) is 0.269. The number of rotatable bonds is 5. The van der Waals surface area contributed by atoms with E-state index in [9.17, 15) is 9.59 Å². The highest BCUT2D eigenvalue weighted by Gasteiger charge is 2.11. The summed E-state index contributed by atoms with van der Waals surface area (Å²) in [5, 5.41) is 8.51. The maximum absolute atomic E-state index is 12.4. The number of ether oxygens (including phenoxy) is 1. The number of benzene rings is 2. The molecule has 0 aliphatic rings. The second-order valence-corrected chi connectivity index (χ2v) is 6.04. The highest BCUT2D eigenvalue weighted by Crippen LogP contribution is 2.27. The maximum Gasteiger partial charge on any atom is 0.319 e. The molecule has 2 aromatic carbocycles. The highest BCUT2D eigenvalue weighted by molar-refractivity contribution is 6.34. The van der Waals surface area contributed by atoms with Crippen molar-refractivity contribution in [1.82, 2.24) is 5.32 Å². The lowest BCUT2D eigenvalue weighted by Crippen LogP contribution is -2.34. The van der Waals surface area contributed by atoms with Crippen LogP contribution in [0.4, 0.5) is 16.2 Å². The third-order valence-electron chi connectivity index (χ3n) is 3.23. The summed E-state index contributed by atoms with van der Waals surface area (Å²) < 4.78 is 5.08. The van der Waals surface area contributed by atoms with Crippen LogP contribution in [-0.4, -0.2) is 25.1 Å². The number of halogens is 1. The van der Waals surface area contributed by atoms with Crippen LogP contribution in [-0.2, 0) is 0 Å². The molecule has 0 saturated carbocycles. The molecule has 0 radical (unpaired) electrons. The summed E-state index contributed by atoms with van der Waals surface area (Å²) >= 11 is 6.13. The minimum Gasteiger partial charge on any atom is -0.497 e. The zero-order chi connectivity index (χ0) is 18.4. The SMILES string of the molecule is COc1ccc(NC(=O)c2cccc(NC(=O)NC(C)C)c2)c(Cl)c1. The predicted molar refractivity (Wildman–Crippen MR) is 99.7 cm³/mol. The summed E-state index contributed by atoms with van der Waals surface area (Å²) in [5.41, 5.74) is 1.39. The van der Waals surface area contributed by atoms with Gasteiger partial charge in [-0.1, -0.05) is 17.7 Å². The Labute approximate surface area is 151 Å². The van der Waals surface area contributed by atoms with Crippen LogP contribution in [0.1, 0.15) is 24.2 Å². The van der Waals surface area contributed by atoms with Crippen LogP contribution in [0.2, 0.25) is 5.02 Å². The Morgan fingerprint density at radius 2 is 1.84 bits per heavy atom. The number of hydrogen-bond acceptors (Lipinski definition) is 3. The minimum absolute atomic E-state index is 0.0173. The van der Waals surface area contributed by atoms with Gasteiger partial charge in [-0.05, 0) is 44.2 Å². The fourth-order valence-electron chi connectivity index (χ4n) is 2.09. The van der Waals surface area contributed by atoms with E-state index in [2.05, 4.69) is 16.0 Å². The lowest BCUT2D eigenvalue weighted by Gasteiger charge is -2.12. The van der Waals surface area contributed by atoms with Gasteiger partial charge in [0.15, 0.2) is 0 Å². The van der Waals surface area contributed by atoms with Gasteiger partial charge in [0.2, 0.25) is 0 Å². The number of urea groups is 1. The molecule has 0 unspecified atom stereocenters. The molecule has 0 aromatic heterocycles. The first-order chi connectivity index (χ1) is 11.9. The van der Waals surface area contributed by atoms with Gasteiger partial charge < -0.3 is 20.7 Å². The van der Waals surface area contributed by atoms with E-state index in [4.69, 9.17) is 16.3 Å². The molecule has 2 rings (SSSR count). The average Bonchev–Trinajstić information content (AvgIpc) is 2.56. The van der Waals surface area contributed by atoms with Crippen molar-refractivity contribution in [2.75, 3.05) is 17.7 Å². The van der Waals surface area contributed by atoms with Crippen LogP contribution in [0.15, 0.2) is 42.5 Å². The topological polar surface area (TPSA) is 79.5 Å². The Morgan fingerprint density at radius 3 is 2.48 bits per heavy atom. The molecule has 3 amide bonds. The van der Waals surface area contributed by atoms with Crippen molar-refractivity contribution in [2.24, 2.45) is 0 Å². The Hall–Kier alpha value is -2.73. The van der Waals surface area contributed by atoms with E-state index in [0.29, 0.717) is 27.7 Å². The van der Waals surface area contributed by atoms with Gasteiger partial charge in [0.05, 0.1) is 17.8 Å². The molecule has 0 atom stereocenters. The largest absolute Gasteiger partial charge is 0.497 e. The van der Waals surface area contributed by atoms with Gasteiger partial charge in [0.25, 0.3) is 5.91 Å². The zero-order valence-electron chi connectivity index (χ0n) is 14.2. The number of amides is 3. The van der Waals surface area contributed by atoms with Gasteiger partial charge in [-0.2, -0.15) is 0 Å². The summed E-state index contributed by atoms with van der Waals surface area (Å²) in [6.45, 7) is 3.73. The molecule has 0 bridgehead atoms. The summed E-state index contributed by atoms with van der Waals surface area (Å²) in [7, 11) is 1.54. The predicted octanol–water partition coefficient (Wildman–Crippen LogP) is 4.13. The first-order valence-electron chi connectivity index (χ1n) is 7.71. The van der Waals surface area contributed by atoms with Crippen LogP contribution in [0.3, 0.4) is 0 Å². The Morgan fingerprint density at radius 1 is 1.08 bits per heavy atom. The van der Waals surface area contributed by atoms with Gasteiger partial charge in [0, 0.05) is 23.4 Å².